The highest BCUT2D eigenvalue weighted by Crippen LogP contribution is 2.12. The summed E-state index contributed by atoms with van der Waals surface area (Å²) in [6.07, 6.45) is -3.29. The Labute approximate surface area is 50.9 Å². The first-order valence-corrected chi connectivity index (χ1v) is 2.37. The van der Waals surface area contributed by atoms with Crippen molar-refractivity contribution in [3.63, 3.8) is 0 Å². The molecule has 0 aliphatic heterocycles. The fraction of sp³-hybridized carbons (Fsp3) is 1.00. The Bertz CT molecular complexity index is 83.9. The Balaban J connectivity index is 3.70. The van der Waals surface area contributed by atoms with Crippen LogP contribution in [-0.2, 0) is 4.74 Å². The van der Waals surface area contributed by atoms with Crippen molar-refractivity contribution in [2.45, 2.75) is 19.3 Å². The lowest BCUT2D eigenvalue weighted by Crippen LogP contribution is -2.39. The minimum Gasteiger partial charge on any atom is -0.339 e. The lowest BCUT2D eigenvalue weighted by molar-refractivity contribution is -0.384. The summed E-state index contributed by atoms with van der Waals surface area (Å²) in [5.41, 5.74) is 0. The molecular weight excluding hydrogens is 134 g/mol. The second-order valence-corrected chi connectivity index (χ2v) is 1.39. The second kappa shape index (κ2) is 3.05. The van der Waals surface area contributed by atoms with Crippen LogP contribution in [0.1, 0.15) is 6.92 Å². The van der Waals surface area contributed by atoms with Crippen LogP contribution in [0.5, 0.6) is 0 Å². The maximum Gasteiger partial charge on any atom is 0.342 e. The second-order valence-electron chi connectivity index (χ2n) is 1.39. The third-order valence-corrected chi connectivity index (χ3v) is 0.641. The van der Waals surface area contributed by atoms with E-state index in [2.05, 4.69) is 4.74 Å². The van der Waals surface area contributed by atoms with Crippen LogP contribution in [0.25, 0.3) is 0 Å². The summed E-state index contributed by atoms with van der Waals surface area (Å²) in [6.45, 7) is 1.21. The predicted molar refractivity (Wildman–Crippen MR) is 24.8 cm³/mol. The molecule has 0 aromatic rings. The number of halogens is 2. The Kier molecular flexibility index (Phi) is 2.96. The van der Waals surface area contributed by atoms with Crippen molar-refractivity contribution in [1.82, 2.24) is 0 Å². The van der Waals surface area contributed by atoms with Gasteiger partial charge in [-0.2, -0.15) is 0 Å². The molecule has 0 unspecified atom stereocenters. The molecule has 3 nitrogen and oxygen atoms in total. The molecule has 0 spiro atoms. The van der Waals surface area contributed by atoms with E-state index in [1.807, 2.05) is 0 Å². The third kappa shape index (κ3) is 2.69. The first-order chi connectivity index (χ1) is 4.00. The minimum absolute atomic E-state index is 0.169. The molecular formula is C4H8F2O3. The average molecular weight is 142 g/mol. The van der Waals surface area contributed by atoms with Gasteiger partial charge in [0.2, 0.25) is 0 Å². The van der Waals surface area contributed by atoms with Crippen LogP contribution in [-0.4, -0.2) is 29.2 Å². The molecule has 0 aromatic heterocycles. The highest BCUT2D eigenvalue weighted by molar-refractivity contribution is 4.51. The van der Waals surface area contributed by atoms with Gasteiger partial charge >= 0.3 is 12.4 Å². The molecule has 56 valence electrons. The van der Waals surface area contributed by atoms with Gasteiger partial charge in [-0.3, -0.25) is 0 Å². The zero-order chi connectivity index (χ0) is 7.49. The van der Waals surface area contributed by atoms with Gasteiger partial charge in [0.05, 0.1) is 0 Å². The van der Waals surface area contributed by atoms with Crippen molar-refractivity contribution < 1.29 is 23.7 Å². The maximum atomic E-state index is 11.4. The summed E-state index contributed by atoms with van der Waals surface area (Å²) < 4.78 is 26.6. The zero-order valence-corrected chi connectivity index (χ0v) is 4.84. The summed E-state index contributed by atoms with van der Waals surface area (Å²) in [7, 11) is 0. The summed E-state index contributed by atoms with van der Waals surface area (Å²) in [4.78, 5) is 0. The molecule has 0 aliphatic rings. The lowest BCUT2D eigenvalue weighted by Gasteiger charge is -2.18. The van der Waals surface area contributed by atoms with Crippen molar-refractivity contribution in [3.05, 3.63) is 0 Å². The van der Waals surface area contributed by atoms with Gasteiger partial charge in [-0.25, -0.2) is 8.78 Å². The van der Waals surface area contributed by atoms with Gasteiger partial charge < -0.3 is 14.9 Å². The standard InChI is InChI=1S/C4H8F2O3/c1-2-9-4(7,8)3(5)6/h3,7-8H,2H2,1H3. The molecule has 0 aromatic carbocycles. The number of hydrogen-bond acceptors (Lipinski definition) is 3. The normalized spacial score (nSPS) is 12.7. The molecule has 0 saturated carbocycles. The van der Waals surface area contributed by atoms with Crippen LogP contribution >= 0.6 is 0 Å². The van der Waals surface area contributed by atoms with E-state index in [1.54, 1.807) is 0 Å². The highest BCUT2D eigenvalue weighted by atomic mass is 19.3. The molecule has 0 saturated heterocycles. The smallest absolute Gasteiger partial charge is 0.339 e. The number of rotatable bonds is 3. The quantitative estimate of drug-likeness (QED) is 0.542. The molecule has 0 aliphatic carbocycles. The van der Waals surface area contributed by atoms with E-state index < -0.39 is 12.4 Å². The SMILES string of the molecule is CCOC(O)(O)C(F)F. The van der Waals surface area contributed by atoms with E-state index >= 15 is 0 Å². The van der Waals surface area contributed by atoms with E-state index in [4.69, 9.17) is 10.2 Å². The molecule has 0 atom stereocenters. The Hall–Kier alpha value is -0.260. The summed E-state index contributed by atoms with van der Waals surface area (Å²) in [6, 6.07) is 0. The monoisotopic (exact) mass is 142 g/mol. The van der Waals surface area contributed by atoms with Crippen LogP contribution in [0.2, 0.25) is 0 Å². The first kappa shape index (κ1) is 8.74. The van der Waals surface area contributed by atoms with Crippen molar-refractivity contribution in [3.8, 4) is 0 Å². The maximum absolute atomic E-state index is 11.4. The van der Waals surface area contributed by atoms with Crippen molar-refractivity contribution in [1.29, 1.82) is 0 Å². The molecule has 0 fully saturated rings. The summed E-state index contributed by atoms with van der Waals surface area (Å²) in [5, 5.41) is 16.4. The van der Waals surface area contributed by atoms with E-state index in [0.29, 0.717) is 0 Å². The fourth-order valence-corrected chi connectivity index (χ4v) is 0.275. The predicted octanol–water partition coefficient (Wildman–Crippen LogP) is -0.0736. The van der Waals surface area contributed by atoms with Crippen LogP contribution in [0, 0.1) is 0 Å². The molecule has 2 N–H and O–H groups in total. The Morgan fingerprint density at radius 1 is 1.56 bits per heavy atom. The molecule has 9 heavy (non-hydrogen) atoms. The van der Waals surface area contributed by atoms with Gasteiger partial charge in [0, 0.05) is 6.61 Å². The van der Waals surface area contributed by atoms with Crippen LogP contribution in [0.4, 0.5) is 8.78 Å². The Morgan fingerprint density at radius 2 is 2.00 bits per heavy atom. The number of alkyl halides is 2. The summed E-state index contributed by atoms with van der Waals surface area (Å²) >= 11 is 0. The Morgan fingerprint density at radius 3 is 2.11 bits per heavy atom. The van der Waals surface area contributed by atoms with E-state index in [1.165, 1.54) is 6.92 Å². The number of ether oxygens (including phenoxy) is 1. The van der Waals surface area contributed by atoms with Crippen LogP contribution in [0.15, 0.2) is 0 Å². The number of hydrogen-bond donors (Lipinski definition) is 2. The average Bonchev–Trinajstić information content (AvgIpc) is 1.65. The van der Waals surface area contributed by atoms with E-state index in [-0.39, 0.29) is 6.61 Å². The van der Waals surface area contributed by atoms with E-state index in [9.17, 15) is 8.78 Å². The van der Waals surface area contributed by atoms with Gasteiger partial charge in [-0.05, 0) is 6.92 Å². The molecule has 0 heterocycles. The highest BCUT2D eigenvalue weighted by Gasteiger charge is 2.36. The van der Waals surface area contributed by atoms with Gasteiger partial charge in [0.25, 0.3) is 0 Å². The minimum atomic E-state index is -3.29. The zero-order valence-electron chi connectivity index (χ0n) is 4.84. The molecule has 0 rings (SSSR count). The topological polar surface area (TPSA) is 49.7 Å². The first-order valence-electron chi connectivity index (χ1n) is 2.37. The van der Waals surface area contributed by atoms with Crippen molar-refractivity contribution >= 4 is 0 Å². The van der Waals surface area contributed by atoms with Gasteiger partial charge in [0.1, 0.15) is 0 Å². The fourth-order valence-electron chi connectivity index (χ4n) is 0.275. The van der Waals surface area contributed by atoms with Gasteiger partial charge in [-0.1, -0.05) is 0 Å². The molecule has 0 bridgehead atoms. The van der Waals surface area contributed by atoms with Gasteiger partial charge in [-0.15, -0.1) is 0 Å². The molecule has 0 radical (unpaired) electrons. The van der Waals surface area contributed by atoms with Gasteiger partial charge in [0.15, 0.2) is 0 Å². The number of aliphatic hydroxyl groups is 2. The lowest BCUT2D eigenvalue weighted by atomic mass is 10.6. The summed E-state index contributed by atoms with van der Waals surface area (Å²) in [5.74, 6) is -3.28. The molecule has 0 amide bonds. The third-order valence-electron chi connectivity index (χ3n) is 0.641. The van der Waals surface area contributed by atoms with E-state index in [0.717, 1.165) is 0 Å². The van der Waals surface area contributed by atoms with Crippen LogP contribution < -0.4 is 0 Å². The van der Waals surface area contributed by atoms with Crippen LogP contribution in [0.3, 0.4) is 0 Å². The molecule has 5 heteroatoms. The largest absolute Gasteiger partial charge is 0.342 e. The van der Waals surface area contributed by atoms with Crippen molar-refractivity contribution in [2.75, 3.05) is 6.61 Å². The van der Waals surface area contributed by atoms with Crippen molar-refractivity contribution in [2.24, 2.45) is 0 Å².